The zero-order valence-electron chi connectivity index (χ0n) is 13.6. The summed E-state index contributed by atoms with van der Waals surface area (Å²) in [7, 11) is 0. The molecule has 2 nitrogen and oxygen atoms in total. The largest absolute Gasteiger partial charge is 0.360 e. The van der Waals surface area contributed by atoms with E-state index in [1.807, 2.05) is 97.2 Å². The minimum absolute atomic E-state index is 0.0274. The Hall–Kier alpha value is -3.39. The summed E-state index contributed by atoms with van der Waals surface area (Å²) >= 11 is 0. The normalized spacial score (nSPS) is 10.6. The van der Waals surface area contributed by atoms with E-state index < -0.39 is 0 Å². The smallest absolute Gasteiger partial charge is 0.195 e. The molecule has 3 aromatic carbocycles. The van der Waals surface area contributed by atoms with Gasteiger partial charge in [-0.1, -0.05) is 91.0 Å². The lowest BCUT2D eigenvalue weighted by molar-refractivity contribution is 0.104. The Morgan fingerprint density at radius 3 is 1.76 bits per heavy atom. The fourth-order valence-corrected chi connectivity index (χ4v) is 3.07. The number of H-pyrrole nitrogens is 1. The van der Waals surface area contributed by atoms with Crippen molar-refractivity contribution in [2.75, 3.05) is 0 Å². The van der Waals surface area contributed by atoms with Crippen molar-refractivity contribution >= 4 is 5.78 Å². The van der Waals surface area contributed by atoms with Gasteiger partial charge in [-0.25, -0.2) is 0 Å². The Morgan fingerprint density at radius 1 is 0.640 bits per heavy atom. The van der Waals surface area contributed by atoms with E-state index in [-0.39, 0.29) is 5.78 Å². The molecule has 0 unspecified atom stereocenters. The molecule has 0 aliphatic heterocycles. The number of aromatic nitrogens is 1. The van der Waals surface area contributed by atoms with Gasteiger partial charge in [0, 0.05) is 17.3 Å². The topological polar surface area (TPSA) is 32.9 Å². The lowest BCUT2D eigenvalue weighted by Gasteiger charge is -2.08. The van der Waals surface area contributed by atoms with Crippen LogP contribution in [-0.4, -0.2) is 10.8 Å². The van der Waals surface area contributed by atoms with Gasteiger partial charge in [-0.15, -0.1) is 0 Å². The van der Waals surface area contributed by atoms with Gasteiger partial charge in [0.05, 0.1) is 11.3 Å². The lowest BCUT2D eigenvalue weighted by atomic mass is 9.94. The molecule has 120 valence electrons. The van der Waals surface area contributed by atoms with E-state index >= 15 is 0 Å². The fraction of sp³-hybridized carbons (Fsp3) is 0. The third-order valence-electron chi connectivity index (χ3n) is 4.29. The molecule has 4 aromatic rings. The Labute approximate surface area is 146 Å². The van der Waals surface area contributed by atoms with Crippen LogP contribution in [0.25, 0.3) is 22.4 Å². The number of carbonyl (C=O) groups excluding carboxylic acids is 1. The molecule has 0 aliphatic carbocycles. The third-order valence-corrected chi connectivity index (χ3v) is 4.29. The van der Waals surface area contributed by atoms with Crippen molar-refractivity contribution in [2.24, 2.45) is 0 Å². The molecule has 0 atom stereocenters. The maximum Gasteiger partial charge on any atom is 0.195 e. The van der Waals surface area contributed by atoms with E-state index in [4.69, 9.17) is 0 Å². The molecule has 0 saturated heterocycles. The van der Waals surface area contributed by atoms with Gasteiger partial charge in [0.1, 0.15) is 0 Å². The second kappa shape index (κ2) is 6.62. The summed E-state index contributed by atoms with van der Waals surface area (Å²) in [5.74, 6) is 0.0274. The summed E-state index contributed by atoms with van der Waals surface area (Å²) in [5.41, 5.74) is 5.21. The molecule has 2 heteroatoms. The standard InChI is InChI=1S/C23H17NO/c25-23(19-14-8-3-9-15-19)21-20(17-10-4-1-5-11-17)16-24-22(21)18-12-6-2-7-13-18/h1-16,24H. The van der Waals surface area contributed by atoms with Gasteiger partial charge in [-0.3, -0.25) is 4.79 Å². The van der Waals surface area contributed by atoms with Crippen LogP contribution in [0, 0.1) is 0 Å². The van der Waals surface area contributed by atoms with Crippen LogP contribution in [0.15, 0.2) is 97.2 Å². The van der Waals surface area contributed by atoms with Crippen molar-refractivity contribution in [3.63, 3.8) is 0 Å². The molecule has 0 radical (unpaired) electrons. The summed E-state index contributed by atoms with van der Waals surface area (Å²) in [4.78, 5) is 16.6. The molecule has 0 spiro atoms. The highest BCUT2D eigenvalue weighted by molar-refractivity contribution is 6.16. The highest BCUT2D eigenvalue weighted by Crippen LogP contribution is 2.33. The quantitative estimate of drug-likeness (QED) is 0.489. The summed E-state index contributed by atoms with van der Waals surface area (Å²) < 4.78 is 0. The van der Waals surface area contributed by atoms with Crippen LogP contribution in [0.3, 0.4) is 0 Å². The molecule has 0 amide bonds. The van der Waals surface area contributed by atoms with Crippen LogP contribution in [0.5, 0.6) is 0 Å². The summed E-state index contributed by atoms with van der Waals surface area (Å²) in [6.45, 7) is 0. The van der Waals surface area contributed by atoms with Crippen LogP contribution in [0.1, 0.15) is 15.9 Å². The Kier molecular flexibility index (Phi) is 4.01. The Bertz CT molecular complexity index is 929. The number of nitrogens with one attached hydrogen (secondary N) is 1. The fourth-order valence-electron chi connectivity index (χ4n) is 3.07. The number of ketones is 1. The minimum atomic E-state index is 0.0274. The first-order valence-corrected chi connectivity index (χ1v) is 8.26. The first-order chi connectivity index (χ1) is 12.3. The van der Waals surface area contributed by atoms with E-state index in [1.54, 1.807) is 0 Å². The number of rotatable bonds is 4. The number of carbonyl (C=O) groups is 1. The van der Waals surface area contributed by atoms with Crippen molar-refractivity contribution in [1.29, 1.82) is 0 Å². The number of aromatic amines is 1. The summed E-state index contributed by atoms with van der Waals surface area (Å²) in [6, 6.07) is 29.4. The summed E-state index contributed by atoms with van der Waals surface area (Å²) in [5, 5.41) is 0. The van der Waals surface area contributed by atoms with Gasteiger partial charge in [0.2, 0.25) is 0 Å². The second-order valence-corrected chi connectivity index (χ2v) is 5.88. The Balaban J connectivity index is 1.93. The highest BCUT2D eigenvalue weighted by atomic mass is 16.1. The first-order valence-electron chi connectivity index (χ1n) is 8.26. The van der Waals surface area contributed by atoms with Crippen molar-refractivity contribution in [2.45, 2.75) is 0 Å². The number of hydrogen-bond donors (Lipinski definition) is 1. The first kappa shape index (κ1) is 15.2. The van der Waals surface area contributed by atoms with Crippen LogP contribution in [-0.2, 0) is 0 Å². The van der Waals surface area contributed by atoms with Crippen LogP contribution in [0.2, 0.25) is 0 Å². The molecule has 0 bridgehead atoms. The predicted octanol–water partition coefficient (Wildman–Crippen LogP) is 5.58. The van der Waals surface area contributed by atoms with E-state index in [1.165, 1.54) is 0 Å². The molecule has 1 aromatic heterocycles. The molecule has 25 heavy (non-hydrogen) atoms. The summed E-state index contributed by atoms with van der Waals surface area (Å²) in [6.07, 6.45) is 1.92. The highest BCUT2D eigenvalue weighted by Gasteiger charge is 2.21. The van der Waals surface area contributed by atoms with Crippen LogP contribution in [0.4, 0.5) is 0 Å². The van der Waals surface area contributed by atoms with Gasteiger partial charge >= 0.3 is 0 Å². The zero-order chi connectivity index (χ0) is 17.1. The van der Waals surface area contributed by atoms with E-state index in [0.29, 0.717) is 11.1 Å². The SMILES string of the molecule is O=C(c1ccccc1)c1c(-c2ccccc2)c[nH]c1-c1ccccc1. The predicted molar refractivity (Wildman–Crippen MR) is 102 cm³/mol. The van der Waals surface area contributed by atoms with Crippen LogP contribution < -0.4 is 0 Å². The third kappa shape index (κ3) is 2.90. The Morgan fingerprint density at radius 2 is 1.16 bits per heavy atom. The van der Waals surface area contributed by atoms with Gasteiger partial charge in [-0.05, 0) is 11.1 Å². The van der Waals surface area contributed by atoms with Gasteiger partial charge in [-0.2, -0.15) is 0 Å². The minimum Gasteiger partial charge on any atom is -0.360 e. The van der Waals surface area contributed by atoms with Gasteiger partial charge in [0.25, 0.3) is 0 Å². The number of benzene rings is 3. The van der Waals surface area contributed by atoms with E-state index in [2.05, 4.69) is 4.98 Å². The van der Waals surface area contributed by atoms with Crippen molar-refractivity contribution in [3.05, 3.63) is 108 Å². The number of hydrogen-bond acceptors (Lipinski definition) is 1. The average Bonchev–Trinajstić information content (AvgIpc) is 3.14. The average molecular weight is 323 g/mol. The van der Waals surface area contributed by atoms with Gasteiger partial charge < -0.3 is 4.98 Å². The monoisotopic (exact) mass is 323 g/mol. The molecule has 1 heterocycles. The van der Waals surface area contributed by atoms with E-state index in [0.717, 1.165) is 22.4 Å². The molecule has 0 fully saturated rings. The van der Waals surface area contributed by atoms with Crippen molar-refractivity contribution < 1.29 is 4.79 Å². The van der Waals surface area contributed by atoms with Crippen molar-refractivity contribution in [1.82, 2.24) is 4.98 Å². The van der Waals surface area contributed by atoms with Gasteiger partial charge in [0.15, 0.2) is 5.78 Å². The molecular weight excluding hydrogens is 306 g/mol. The van der Waals surface area contributed by atoms with Crippen LogP contribution >= 0.6 is 0 Å². The second-order valence-electron chi connectivity index (χ2n) is 5.88. The zero-order valence-corrected chi connectivity index (χ0v) is 13.6. The molecule has 4 rings (SSSR count). The lowest BCUT2D eigenvalue weighted by Crippen LogP contribution is -2.03. The molecule has 0 aliphatic rings. The molecule has 0 saturated carbocycles. The maximum absolute atomic E-state index is 13.3. The maximum atomic E-state index is 13.3. The molecular formula is C23H17NO. The van der Waals surface area contributed by atoms with Crippen molar-refractivity contribution in [3.8, 4) is 22.4 Å². The van der Waals surface area contributed by atoms with E-state index in [9.17, 15) is 4.79 Å². The molecule has 1 N–H and O–H groups in total.